The van der Waals surface area contributed by atoms with Crippen molar-refractivity contribution in [2.24, 2.45) is 0 Å². The maximum atomic E-state index is 14.3. The molecule has 5 rings (SSSR count). The number of esters is 1. The van der Waals surface area contributed by atoms with E-state index in [9.17, 15) is 14.0 Å². The summed E-state index contributed by atoms with van der Waals surface area (Å²) in [5.41, 5.74) is 2.08. The summed E-state index contributed by atoms with van der Waals surface area (Å²) in [5.74, 6) is -1.00. The van der Waals surface area contributed by atoms with Gasteiger partial charge in [-0.05, 0) is 35.9 Å². The first-order valence-corrected chi connectivity index (χ1v) is 9.61. The monoisotopic (exact) mass is 411 g/mol. The van der Waals surface area contributed by atoms with E-state index in [0.717, 1.165) is 5.56 Å². The average Bonchev–Trinajstić information content (AvgIpc) is 2.79. The Kier molecular flexibility index (Phi) is 4.37. The maximum Gasteiger partial charge on any atom is 0.312 e. The van der Waals surface area contributed by atoms with E-state index in [2.05, 4.69) is 6.07 Å². The number of carbonyl (C=O) groups is 1. The highest BCUT2D eigenvalue weighted by molar-refractivity contribution is 5.90. The van der Waals surface area contributed by atoms with Gasteiger partial charge in [0.1, 0.15) is 23.4 Å². The summed E-state index contributed by atoms with van der Waals surface area (Å²) >= 11 is 0. The fourth-order valence-corrected chi connectivity index (χ4v) is 4.00. The van der Waals surface area contributed by atoms with Gasteiger partial charge in [-0.2, -0.15) is 5.26 Å². The van der Waals surface area contributed by atoms with E-state index >= 15 is 0 Å². The third-order valence-electron chi connectivity index (χ3n) is 5.49. The third kappa shape index (κ3) is 3.08. The van der Waals surface area contributed by atoms with Crippen LogP contribution in [0.15, 0.2) is 76.1 Å². The molecular formula is C25H14FNO4. The minimum Gasteiger partial charge on any atom is -0.463 e. The lowest BCUT2D eigenvalue weighted by Gasteiger charge is -2.25. The van der Waals surface area contributed by atoms with Gasteiger partial charge in [0, 0.05) is 17.0 Å². The second-order valence-corrected chi connectivity index (χ2v) is 7.28. The van der Waals surface area contributed by atoms with Crippen LogP contribution in [0.1, 0.15) is 29.0 Å². The predicted molar refractivity (Wildman–Crippen MR) is 111 cm³/mol. The summed E-state index contributed by atoms with van der Waals surface area (Å²) in [5, 5.41) is 9.32. The summed E-state index contributed by atoms with van der Waals surface area (Å²) < 4.78 is 25.5. The van der Waals surface area contributed by atoms with Gasteiger partial charge in [0.2, 0.25) is 5.43 Å². The Morgan fingerprint density at radius 2 is 1.74 bits per heavy atom. The molecule has 0 saturated heterocycles. The van der Waals surface area contributed by atoms with Crippen molar-refractivity contribution >= 4 is 16.9 Å². The maximum absolute atomic E-state index is 14.3. The minimum atomic E-state index is -0.517. The van der Waals surface area contributed by atoms with Crippen molar-refractivity contribution in [3.63, 3.8) is 0 Å². The molecule has 5 nitrogen and oxygen atoms in total. The van der Waals surface area contributed by atoms with Crippen molar-refractivity contribution in [1.29, 1.82) is 5.26 Å². The van der Waals surface area contributed by atoms with Gasteiger partial charge in [0.15, 0.2) is 0 Å². The van der Waals surface area contributed by atoms with Gasteiger partial charge in [-0.1, -0.05) is 30.3 Å². The highest BCUT2D eigenvalue weighted by Crippen LogP contribution is 2.42. The quantitative estimate of drug-likeness (QED) is 0.346. The number of nitriles is 1. The molecule has 150 valence electrons. The number of carbonyl (C=O) groups excluding carboxylic acids is 1. The number of halogens is 1. The first-order chi connectivity index (χ1) is 15.1. The summed E-state index contributed by atoms with van der Waals surface area (Å²) in [4.78, 5) is 25.4. The largest absolute Gasteiger partial charge is 0.463 e. The van der Waals surface area contributed by atoms with Crippen molar-refractivity contribution in [3.05, 3.63) is 99.7 Å². The Morgan fingerprint density at radius 1 is 0.968 bits per heavy atom. The van der Waals surface area contributed by atoms with Gasteiger partial charge in [0.05, 0.1) is 29.0 Å². The second-order valence-electron chi connectivity index (χ2n) is 7.28. The van der Waals surface area contributed by atoms with Crippen molar-refractivity contribution in [1.82, 2.24) is 0 Å². The molecule has 0 saturated carbocycles. The van der Waals surface area contributed by atoms with Gasteiger partial charge in [-0.3, -0.25) is 9.59 Å². The third-order valence-corrected chi connectivity index (χ3v) is 5.49. The van der Waals surface area contributed by atoms with Crippen LogP contribution in [0.4, 0.5) is 4.39 Å². The molecule has 1 atom stereocenters. The molecule has 1 unspecified atom stereocenters. The second kappa shape index (κ2) is 7.22. The van der Waals surface area contributed by atoms with Gasteiger partial charge in [-0.15, -0.1) is 0 Å². The summed E-state index contributed by atoms with van der Waals surface area (Å²) in [6.07, 6.45) is 1.31. The molecule has 0 aliphatic carbocycles. The molecule has 1 aliphatic rings. The lowest BCUT2D eigenvalue weighted by Crippen LogP contribution is -2.22. The Balaban J connectivity index is 1.73. The smallest absolute Gasteiger partial charge is 0.312 e. The molecule has 2 heterocycles. The van der Waals surface area contributed by atoms with Gasteiger partial charge < -0.3 is 9.15 Å². The fourth-order valence-electron chi connectivity index (χ4n) is 4.00. The van der Waals surface area contributed by atoms with Crippen LogP contribution in [0.3, 0.4) is 0 Å². The fraction of sp³-hybridized carbons (Fsp3) is 0.0800. The molecule has 0 amide bonds. The lowest BCUT2D eigenvalue weighted by atomic mass is 9.85. The zero-order valence-electron chi connectivity index (χ0n) is 16.1. The molecule has 6 heteroatoms. The Bertz CT molecular complexity index is 1450. The van der Waals surface area contributed by atoms with Crippen molar-refractivity contribution < 1.29 is 18.3 Å². The van der Waals surface area contributed by atoms with E-state index in [1.807, 2.05) is 0 Å². The standard InChI is InChI=1S/C25H14FNO4/c26-20-4-2-1-3-16(20)19-13-30-25-17(24(19)29)9-10-21-23(25)18(11-22(28)31-21)15-7-5-14(12-27)6-8-15/h1-10,13,18H,11H2. The van der Waals surface area contributed by atoms with E-state index in [1.54, 1.807) is 42.5 Å². The van der Waals surface area contributed by atoms with E-state index < -0.39 is 17.7 Å². The molecule has 1 aliphatic heterocycles. The van der Waals surface area contributed by atoms with Crippen molar-refractivity contribution in [2.75, 3.05) is 0 Å². The van der Waals surface area contributed by atoms with Crippen LogP contribution in [-0.4, -0.2) is 5.97 Å². The number of hydrogen-bond donors (Lipinski definition) is 0. The average molecular weight is 411 g/mol. The molecule has 31 heavy (non-hydrogen) atoms. The van der Waals surface area contributed by atoms with Crippen molar-refractivity contribution in [2.45, 2.75) is 12.3 Å². The molecule has 0 fully saturated rings. The van der Waals surface area contributed by atoms with E-state index in [4.69, 9.17) is 14.4 Å². The highest BCUT2D eigenvalue weighted by Gasteiger charge is 2.32. The van der Waals surface area contributed by atoms with Crippen LogP contribution in [0, 0.1) is 17.1 Å². The SMILES string of the molecule is N#Cc1ccc(C2CC(=O)Oc3ccc4c(=O)c(-c5ccccc5F)coc4c32)cc1. The Morgan fingerprint density at radius 3 is 2.48 bits per heavy atom. The molecule has 0 spiro atoms. The summed E-state index contributed by atoms with van der Waals surface area (Å²) in [6, 6.07) is 18.1. The number of fused-ring (bicyclic) bond motifs is 3. The lowest BCUT2D eigenvalue weighted by molar-refractivity contribution is -0.135. The van der Waals surface area contributed by atoms with Gasteiger partial charge >= 0.3 is 5.97 Å². The van der Waals surface area contributed by atoms with Crippen LogP contribution in [0.25, 0.3) is 22.1 Å². The van der Waals surface area contributed by atoms with Crippen LogP contribution < -0.4 is 10.2 Å². The van der Waals surface area contributed by atoms with Crippen LogP contribution in [0.5, 0.6) is 5.75 Å². The molecule has 0 N–H and O–H groups in total. The molecular weight excluding hydrogens is 397 g/mol. The zero-order valence-corrected chi connectivity index (χ0v) is 16.1. The molecule has 1 aromatic heterocycles. The Labute approximate surface area is 175 Å². The highest BCUT2D eigenvalue weighted by atomic mass is 19.1. The zero-order chi connectivity index (χ0) is 21.5. The first-order valence-electron chi connectivity index (χ1n) is 9.61. The molecule has 0 radical (unpaired) electrons. The minimum absolute atomic E-state index is 0.0663. The van der Waals surface area contributed by atoms with E-state index in [1.165, 1.54) is 24.5 Å². The molecule has 3 aromatic carbocycles. The first kappa shape index (κ1) is 18.8. The number of nitrogens with zero attached hydrogens (tertiary/aromatic N) is 1. The van der Waals surface area contributed by atoms with Crippen LogP contribution >= 0.6 is 0 Å². The number of rotatable bonds is 2. The van der Waals surface area contributed by atoms with Crippen LogP contribution in [-0.2, 0) is 4.79 Å². The number of benzene rings is 3. The topological polar surface area (TPSA) is 80.3 Å². The predicted octanol–water partition coefficient (Wildman–Crippen LogP) is 4.91. The normalized spacial score (nSPS) is 15.2. The number of hydrogen-bond acceptors (Lipinski definition) is 5. The Hall–Kier alpha value is -4.24. The van der Waals surface area contributed by atoms with E-state index in [-0.39, 0.29) is 28.4 Å². The summed E-state index contributed by atoms with van der Waals surface area (Å²) in [7, 11) is 0. The van der Waals surface area contributed by atoms with E-state index in [0.29, 0.717) is 22.5 Å². The van der Waals surface area contributed by atoms with Gasteiger partial charge in [0.25, 0.3) is 0 Å². The number of ether oxygens (including phenoxy) is 1. The molecule has 0 bridgehead atoms. The summed E-state index contributed by atoms with van der Waals surface area (Å²) in [6.45, 7) is 0. The van der Waals surface area contributed by atoms with Crippen LogP contribution in [0.2, 0.25) is 0 Å². The van der Waals surface area contributed by atoms with Gasteiger partial charge in [-0.25, -0.2) is 4.39 Å². The molecule has 4 aromatic rings. The van der Waals surface area contributed by atoms with Crippen molar-refractivity contribution in [3.8, 4) is 22.9 Å².